The van der Waals surface area contributed by atoms with Gasteiger partial charge in [-0.15, -0.1) is 0 Å². The average molecular weight is 476 g/mol. The fraction of sp³-hybridized carbons (Fsp3) is 0.464. The summed E-state index contributed by atoms with van der Waals surface area (Å²) in [7, 11) is 0. The third-order valence-corrected chi connectivity index (χ3v) is 7.09. The van der Waals surface area contributed by atoms with Crippen molar-refractivity contribution in [2.45, 2.75) is 51.4 Å². The SMILES string of the molecule is CC(=N)/C=C(\N)c1cccc([C@H](CC(=O)O)CN2CC[C@@H](CCc3ccc4c(n3)NCCC4)C2)c1. The summed E-state index contributed by atoms with van der Waals surface area (Å²) in [6.45, 7) is 5.40. The second kappa shape index (κ2) is 11.5. The number of carbonyl (C=O) groups is 1. The number of fused-ring (bicyclic) bond motifs is 1. The Morgan fingerprint density at radius 2 is 2.23 bits per heavy atom. The number of anilines is 1. The third kappa shape index (κ3) is 6.92. The van der Waals surface area contributed by atoms with Crippen LogP contribution >= 0.6 is 0 Å². The van der Waals surface area contributed by atoms with Crippen LogP contribution in [0, 0.1) is 11.3 Å². The lowest BCUT2D eigenvalue weighted by molar-refractivity contribution is -0.137. The molecule has 4 rings (SSSR count). The van der Waals surface area contributed by atoms with E-state index in [0.29, 0.717) is 17.3 Å². The number of likely N-dealkylation sites (tertiary alicyclic amines) is 1. The number of aromatic nitrogens is 1. The minimum Gasteiger partial charge on any atom is -0.481 e. The van der Waals surface area contributed by atoms with E-state index in [1.54, 1.807) is 13.0 Å². The summed E-state index contributed by atoms with van der Waals surface area (Å²) in [4.78, 5) is 18.9. The Kier molecular flexibility index (Phi) is 8.18. The van der Waals surface area contributed by atoms with E-state index >= 15 is 0 Å². The van der Waals surface area contributed by atoms with Gasteiger partial charge in [-0.25, -0.2) is 4.98 Å². The number of carboxylic acid groups (broad SMARTS) is 1. The summed E-state index contributed by atoms with van der Waals surface area (Å²) in [5.74, 6) is 0.772. The number of benzene rings is 1. The van der Waals surface area contributed by atoms with E-state index in [1.807, 2.05) is 24.3 Å². The number of hydrogen-bond acceptors (Lipinski definition) is 6. The quantitative estimate of drug-likeness (QED) is 0.381. The van der Waals surface area contributed by atoms with Crippen molar-refractivity contribution in [2.75, 3.05) is 31.5 Å². The Morgan fingerprint density at radius 1 is 1.37 bits per heavy atom. The van der Waals surface area contributed by atoms with E-state index in [0.717, 1.165) is 74.5 Å². The number of nitrogens with one attached hydrogen (secondary N) is 2. The zero-order valence-electron chi connectivity index (χ0n) is 20.6. The Labute approximate surface area is 208 Å². The Bertz CT molecular complexity index is 1100. The lowest BCUT2D eigenvalue weighted by Gasteiger charge is -2.24. The van der Waals surface area contributed by atoms with Gasteiger partial charge in [0.15, 0.2) is 0 Å². The van der Waals surface area contributed by atoms with Crippen LogP contribution in [-0.2, 0) is 17.6 Å². The van der Waals surface area contributed by atoms with Gasteiger partial charge in [0.2, 0.25) is 0 Å². The first-order valence-corrected chi connectivity index (χ1v) is 12.7. The molecule has 2 atom stereocenters. The number of rotatable bonds is 10. The largest absolute Gasteiger partial charge is 0.481 e. The van der Waals surface area contributed by atoms with Gasteiger partial charge in [-0.05, 0) is 86.4 Å². The van der Waals surface area contributed by atoms with Crippen LogP contribution in [0.1, 0.15) is 60.9 Å². The zero-order chi connectivity index (χ0) is 24.8. The first kappa shape index (κ1) is 24.9. The predicted octanol–water partition coefficient (Wildman–Crippen LogP) is 4.29. The molecule has 0 spiro atoms. The molecule has 0 radical (unpaired) electrons. The summed E-state index contributed by atoms with van der Waals surface area (Å²) in [6.07, 6.45) is 7.22. The standard InChI is InChI=1S/C28H37N5O2/c1-19(29)14-26(30)23-5-2-4-22(15-23)24(16-27(34)35)18-33-13-11-20(17-33)7-9-25-10-8-21-6-3-12-31-28(21)32-25/h2,4-5,8,10,14-15,20,24,29H,3,6-7,9,11-13,16-18,30H2,1H3,(H,31,32)(H,34,35)/b26-14-,29-19?/t20-,24-/m1/s1. The van der Waals surface area contributed by atoms with Crippen molar-refractivity contribution in [3.8, 4) is 0 Å². The van der Waals surface area contributed by atoms with Crippen molar-refractivity contribution in [1.29, 1.82) is 5.41 Å². The number of carboxylic acids is 1. The molecule has 1 fully saturated rings. The van der Waals surface area contributed by atoms with E-state index in [2.05, 4.69) is 22.3 Å². The summed E-state index contributed by atoms with van der Waals surface area (Å²) in [5, 5.41) is 20.6. The van der Waals surface area contributed by atoms with E-state index in [9.17, 15) is 9.90 Å². The fourth-order valence-corrected chi connectivity index (χ4v) is 5.27. The van der Waals surface area contributed by atoms with Crippen LogP contribution in [-0.4, -0.2) is 52.9 Å². The van der Waals surface area contributed by atoms with Crippen LogP contribution in [0.25, 0.3) is 5.70 Å². The molecule has 35 heavy (non-hydrogen) atoms. The third-order valence-electron chi connectivity index (χ3n) is 7.09. The van der Waals surface area contributed by atoms with Crippen molar-refractivity contribution in [2.24, 2.45) is 11.7 Å². The highest BCUT2D eigenvalue weighted by Gasteiger charge is 2.27. The molecule has 7 nitrogen and oxygen atoms in total. The first-order chi connectivity index (χ1) is 16.9. The van der Waals surface area contributed by atoms with Crippen LogP contribution in [0.5, 0.6) is 0 Å². The van der Waals surface area contributed by atoms with Crippen LogP contribution in [0.4, 0.5) is 5.82 Å². The lowest BCUT2D eigenvalue weighted by Crippen LogP contribution is -2.28. The molecule has 2 aliphatic heterocycles. The normalized spacial score (nSPS) is 19.1. The molecule has 0 unspecified atom stereocenters. The van der Waals surface area contributed by atoms with Crippen molar-refractivity contribution in [1.82, 2.24) is 9.88 Å². The van der Waals surface area contributed by atoms with Crippen LogP contribution in [0.15, 0.2) is 42.5 Å². The average Bonchev–Trinajstić information content (AvgIpc) is 3.29. The minimum atomic E-state index is -0.790. The molecule has 3 heterocycles. The monoisotopic (exact) mass is 475 g/mol. The maximum absolute atomic E-state index is 11.7. The van der Waals surface area contributed by atoms with Crippen LogP contribution < -0.4 is 11.1 Å². The van der Waals surface area contributed by atoms with E-state index in [1.165, 1.54) is 12.0 Å². The summed E-state index contributed by atoms with van der Waals surface area (Å²) >= 11 is 0. The molecular formula is C28H37N5O2. The molecule has 2 aromatic rings. The molecule has 1 aromatic heterocycles. The van der Waals surface area contributed by atoms with E-state index in [-0.39, 0.29) is 12.3 Å². The lowest BCUT2D eigenvalue weighted by atomic mass is 9.93. The second-order valence-corrected chi connectivity index (χ2v) is 10.00. The molecule has 2 aliphatic rings. The molecule has 0 amide bonds. The van der Waals surface area contributed by atoms with Gasteiger partial charge in [-0.1, -0.05) is 24.3 Å². The van der Waals surface area contributed by atoms with Gasteiger partial charge in [0, 0.05) is 42.7 Å². The Balaban J connectivity index is 1.36. The Morgan fingerprint density at radius 3 is 3.03 bits per heavy atom. The van der Waals surface area contributed by atoms with Gasteiger partial charge in [0.25, 0.3) is 0 Å². The van der Waals surface area contributed by atoms with Crippen molar-refractivity contribution in [3.63, 3.8) is 0 Å². The zero-order valence-corrected chi connectivity index (χ0v) is 20.6. The number of aryl methyl sites for hydroxylation is 2. The molecule has 0 bridgehead atoms. The molecule has 1 saturated heterocycles. The van der Waals surface area contributed by atoms with E-state index in [4.69, 9.17) is 16.1 Å². The smallest absolute Gasteiger partial charge is 0.304 e. The number of aliphatic carboxylic acids is 1. The Hall–Kier alpha value is -3.19. The minimum absolute atomic E-state index is 0.0872. The van der Waals surface area contributed by atoms with E-state index < -0.39 is 5.97 Å². The molecule has 1 aromatic carbocycles. The van der Waals surface area contributed by atoms with Gasteiger partial charge in [-0.3, -0.25) is 4.79 Å². The second-order valence-electron chi connectivity index (χ2n) is 10.00. The van der Waals surface area contributed by atoms with Gasteiger partial charge in [0.05, 0.1) is 6.42 Å². The molecule has 0 aliphatic carbocycles. The highest BCUT2D eigenvalue weighted by molar-refractivity contribution is 5.96. The maximum Gasteiger partial charge on any atom is 0.304 e. The number of nitrogens with zero attached hydrogens (tertiary/aromatic N) is 2. The first-order valence-electron chi connectivity index (χ1n) is 12.7. The number of hydrogen-bond donors (Lipinski definition) is 4. The molecule has 186 valence electrons. The summed E-state index contributed by atoms with van der Waals surface area (Å²) < 4.78 is 0. The summed E-state index contributed by atoms with van der Waals surface area (Å²) in [5.41, 5.74) is 11.4. The maximum atomic E-state index is 11.7. The fourth-order valence-electron chi connectivity index (χ4n) is 5.27. The van der Waals surface area contributed by atoms with Crippen molar-refractivity contribution in [3.05, 3.63) is 64.9 Å². The molecular weight excluding hydrogens is 438 g/mol. The van der Waals surface area contributed by atoms with Gasteiger partial charge in [0.1, 0.15) is 5.82 Å². The highest BCUT2D eigenvalue weighted by atomic mass is 16.4. The highest BCUT2D eigenvalue weighted by Crippen LogP contribution is 2.28. The van der Waals surface area contributed by atoms with Crippen molar-refractivity contribution < 1.29 is 9.90 Å². The molecule has 0 saturated carbocycles. The molecule has 5 N–H and O–H groups in total. The van der Waals surface area contributed by atoms with Crippen LogP contribution in [0.2, 0.25) is 0 Å². The summed E-state index contributed by atoms with van der Waals surface area (Å²) in [6, 6.07) is 12.2. The number of pyridine rings is 1. The predicted molar refractivity (Wildman–Crippen MR) is 141 cm³/mol. The van der Waals surface area contributed by atoms with Crippen molar-refractivity contribution >= 4 is 23.2 Å². The number of allylic oxidation sites excluding steroid dienone is 1. The van der Waals surface area contributed by atoms with Crippen LogP contribution in [0.3, 0.4) is 0 Å². The molecule has 7 heteroatoms. The van der Waals surface area contributed by atoms with Gasteiger partial charge in [-0.2, -0.15) is 0 Å². The topological polar surface area (TPSA) is 115 Å². The number of nitrogens with two attached hydrogens (primary N) is 1. The van der Waals surface area contributed by atoms with Gasteiger partial charge >= 0.3 is 5.97 Å². The van der Waals surface area contributed by atoms with Gasteiger partial charge < -0.3 is 26.5 Å².